The van der Waals surface area contributed by atoms with Crippen LogP contribution in [0.15, 0.2) is 96.0 Å². The second-order valence-electron chi connectivity index (χ2n) is 12.7. The van der Waals surface area contributed by atoms with Gasteiger partial charge in [-0.3, -0.25) is 19.4 Å². The number of aliphatic hydroxyl groups is 1. The number of amides is 4. The van der Waals surface area contributed by atoms with Crippen LogP contribution in [0.2, 0.25) is 0 Å². The molecule has 0 bridgehead atoms. The number of guanidine groups is 1. The van der Waals surface area contributed by atoms with Gasteiger partial charge in [0.05, 0.1) is 18.6 Å². The highest BCUT2D eigenvalue weighted by Crippen LogP contribution is 2.18. The van der Waals surface area contributed by atoms with Crippen LogP contribution >= 0.6 is 0 Å². The third kappa shape index (κ3) is 15.3. The van der Waals surface area contributed by atoms with E-state index in [0.717, 1.165) is 11.1 Å². The molecule has 0 fully saturated rings. The quantitative estimate of drug-likeness (QED) is 0.0528. The standard InChI is InChI=1S/C38H51N7O6/c1-26(2)23-31(32(46)24-33(47)41-22-20-27-13-6-3-7-14-27)43-36(49)34(29-17-10-5-11-18-29)45-35(48)30(19-12-21-42-37(39)40)44-38(50)51-25-28-15-8-4-9-16-28/h3-11,13-18,26,30-32,34,46H,12,19-25H2,1-2H3,(H,41,47)(H,43,49)(H,44,50)(H,45,48)(H4,39,40,42)/t30-,31-,32-,34-/m0/s1. The van der Waals surface area contributed by atoms with Crippen LogP contribution in [0.1, 0.15) is 62.3 Å². The summed E-state index contributed by atoms with van der Waals surface area (Å²) in [7, 11) is 0. The lowest BCUT2D eigenvalue weighted by molar-refractivity contribution is -0.131. The maximum absolute atomic E-state index is 13.9. The molecule has 0 saturated heterocycles. The Morgan fingerprint density at radius 3 is 2.02 bits per heavy atom. The van der Waals surface area contributed by atoms with Crippen molar-refractivity contribution in [3.8, 4) is 0 Å². The molecular weight excluding hydrogens is 650 g/mol. The van der Waals surface area contributed by atoms with Gasteiger partial charge < -0.3 is 42.6 Å². The Bertz CT molecular complexity index is 1540. The van der Waals surface area contributed by atoms with Gasteiger partial charge in [-0.1, -0.05) is 105 Å². The fourth-order valence-electron chi connectivity index (χ4n) is 5.35. The van der Waals surface area contributed by atoms with Crippen LogP contribution in [0.3, 0.4) is 0 Å². The summed E-state index contributed by atoms with van der Waals surface area (Å²) in [5.41, 5.74) is 13.2. The second-order valence-corrected chi connectivity index (χ2v) is 12.7. The average molecular weight is 702 g/mol. The first-order valence-electron chi connectivity index (χ1n) is 17.2. The summed E-state index contributed by atoms with van der Waals surface area (Å²) in [6.45, 7) is 4.49. The number of nitrogens with one attached hydrogen (secondary N) is 4. The number of nitrogens with two attached hydrogens (primary N) is 2. The Labute approximate surface area is 299 Å². The smallest absolute Gasteiger partial charge is 0.408 e. The Morgan fingerprint density at radius 1 is 0.804 bits per heavy atom. The summed E-state index contributed by atoms with van der Waals surface area (Å²) >= 11 is 0. The number of hydrogen-bond acceptors (Lipinski definition) is 7. The number of benzene rings is 3. The fraction of sp³-hybridized carbons (Fsp3) is 0.395. The average Bonchev–Trinajstić information content (AvgIpc) is 3.11. The van der Waals surface area contributed by atoms with E-state index in [-0.39, 0.29) is 43.8 Å². The van der Waals surface area contributed by atoms with Crippen molar-refractivity contribution in [3.63, 3.8) is 0 Å². The third-order valence-corrected chi connectivity index (χ3v) is 7.94. The lowest BCUT2D eigenvalue weighted by atomic mass is 9.96. The van der Waals surface area contributed by atoms with E-state index in [0.29, 0.717) is 31.4 Å². The summed E-state index contributed by atoms with van der Waals surface area (Å²) < 4.78 is 5.35. The van der Waals surface area contributed by atoms with Crippen LogP contribution in [-0.4, -0.2) is 66.2 Å². The van der Waals surface area contributed by atoms with Gasteiger partial charge >= 0.3 is 6.09 Å². The molecule has 0 spiro atoms. The zero-order chi connectivity index (χ0) is 37.0. The van der Waals surface area contributed by atoms with Gasteiger partial charge in [0.2, 0.25) is 17.7 Å². The number of nitrogens with zero attached hydrogens (tertiary/aromatic N) is 1. The second kappa shape index (κ2) is 21.6. The van der Waals surface area contributed by atoms with E-state index in [2.05, 4.69) is 26.3 Å². The molecule has 13 nitrogen and oxygen atoms in total. The highest BCUT2D eigenvalue weighted by atomic mass is 16.5. The summed E-state index contributed by atoms with van der Waals surface area (Å²) in [4.78, 5) is 57.2. The van der Waals surface area contributed by atoms with Crippen LogP contribution in [0, 0.1) is 5.92 Å². The summed E-state index contributed by atoms with van der Waals surface area (Å²) in [5, 5.41) is 22.3. The van der Waals surface area contributed by atoms with Gasteiger partial charge in [0.15, 0.2) is 5.96 Å². The number of aliphatic imine (C=N–C) groups is 1. The summed E-state index contributed by atoms with van der Waals surface area (Å²) in [6, 6.07) is 24.3. The van der Waals surface area contributed by atoms with Crippen LogP contribution in [0.4, 0.5) is 4.79 Å². The Balaban J connectivity index is 1.72. The van der Waals surface area contributed by atoms with E-state index in [9.17, 15) is 24.3 Å². The van der Waals surface area contributed by atoms with E-state index < -0.39 is 42.1 Å². The number of aliphatic hydroxyl groups excluding tert-OH is 1. The number of alkyl carbamates (subject to hydrolysis) is 1. The maximum Gasteiger partial charge on any atom is 0.408 e. The van der Waals surface area contributed by atoms with Gasteiger partial charge in [-0.25, -0.2) is 4.79 Å². The highest BCUT2D eigenvalue weighted by molar-refractivity contribution is 5.92. The predicted octanol–water partition coefficient (Wildman–Crippen LogP) is 2.83. The maximum atomic E-state index is 13.9. The molecule has 0 aromatic heterocycles. The van der Waals surface area contributed by atoms with E-state index in [4.69, 9.17) is 16.2 Å². The minimum Gasteiger partial charge on any atom is -0.445 e. The molecule has 0 saturated carbocycles. The molecule has 13 heteroatoms. The van der Waals surface area contributed by atoms with Gasteiger partial charge in [-0.15, -0.1) is 0 Å². The Morgan fingerprint density at radius 2 is 1.41 bits per heavy atom. The number of carbonyl (C=O) groups excluding carboxylic acids is 4. The molecule has 4 amide bonds. The van der Waals surface area contributed by atoms with E-state index in [1.54, 1.807) is 42.5 Å². The molecule has 274 valence electrons. The molecule has 9 N–H and O–H groups in total. The van der Waals surface area contributed by atoms with Gasteiger partial charge in [-0.2, -0.15) is 0 Å². The summed E-state index contributed by atoms with van der Waals surface area (Å²) in [6.07, 6.45) is -0.729. The molecule has 0 radical (unpaired) electrons. The van der Waals surface area contributed by atoms with Crippen molar-refractivity contribution in [1.29, 1.82) is 0 Å². The SMILES string of the molecule is CC(C)C[C@H](NC(=O)[C@@H](NC(=O)[C@H](CCCN=C(N)N)NC(=O)OCc1ccccc1)c1ccccc1)[C@@H](O)CC(=O)NCCc1ccccc1. The van der Waals surface area contributed by atoms with E-state index >= 15 is 0 Å². The molecule has 3 rings (SSSR count). The van der Waals surface area contributed by atoms with Crippen LogP contribution < -0.4 is 32.7 Å². The molecule has 0 aliphatic heterocycles. The van der Waals surface area contributed by atoms with Crippen molar-refractivity contribution in [2.75, 3.05) is 13.1 Å². The number of hydrogen-bond donors (Lipinski definition) is 7. The lowest BCUT2D eigenvalue weighted by Gasteiger charge is -2.29. The van der Waals surface area contributed by atoms with Crippen molar-refractivity contribution in [2.45, 2.75) is 76.8 Å². The van der Waals surface area contributed by atoms with Gasteiger partial charge in [0.25, 0.3) is 0 Å². The molecule has 0 aliphatic carbocycles. The van der Waals surface area contributed by atoms with Gasteiger partial charge in [0.1, 0.15) is 18.7 Å². The number of rotatable bonds is 20. The summed E-state index contributed by atoms with van der Waals surface area (Å²) in [5.74, 6) is -1.61. The number of ether oxygens (including phenoxy) is 1. The van der Waals surface area contributed by atoms with E-state index in [1.807, 2.05) is 62.4 Å². The first-order chi connectivity index (χ1) is 24.5. The number of carbonyl (C=O) groups is 4. The molecule has 0 heterocycles. The minimum absolute atomic E-state index is 0.00528. The monoisotopic (exact) mass is 701 g/mol. The normalized spacial score (nSPS) is 13.2. The first-order valence-corrected chi connectivity index (χ1v) is 17.2. The van der Waals surface area contributed by atoms with Crippen LogP contribution in [0.25, 0.3) is 0 Å². The lowest BCUT2D eigenvalue weighted by Crippen LogP contribution is -2.53. The Hall–Kier alpha value is -5.43. The largest absolute Gasteiger partial charge is 0.445 e. The minimum atomic E-state index is -1.19. The molecule has 4 atom stereocenters. The van der Waals surface area contributed by atoms with Crippen molar-refractivity contribution < 1.29 is 29.0 Å². The van der Waals surface area contributed by atoms with Crippen LogP contribution in [-0.2, 0) is 32.1 Å². The topological polar surface area (TPSA) is 210 Å². The third-order valence-electron chi connectivity index (χ3n) is 7.94. The molecule has 0 aliphatic rings. The van der Waals surface area contributed by atoms with Crippen molar-refractivity contribution in [2.24, 2.45) is 22.4 Å². The molecular formula is C38H51N7O6. The predicted molar refractivity (Wildman–Crippen MR) is 196 cm³/mol. The fourth-order valence-corrected chi connectivity index (χ4v) is 5.35. The molecule has 3 aromatic rings. The van der Waals surface area contributed by atoms with Gasteiger partial charge in [0, 0.05) is 13.1 Å². The van der Waals surface area contributed by atoms with Crippen LogP contribution in [0.5, 0.6) is 0 Å². The zero-order valence-electron chi connectivity index (χ0n) is 29.3. The van der Waals surface area contributed by atoms with Gasteiger partial charge in [-0.05, 0) is 48.3 Å². The van der Waals surface area contributed by atoms with E-state index in [1.165, 1.54) is 0 Å². The zero-order valence-corrected chi connectivity index (χ0v) is 29.3. The molecule has 3 aromatic carbocycles. The van der Waals surface area contributed by atoms with Crippen molar-refractivity contribution in [1.82, 2.24) is 21.3 Å². The molecule has 51 heavy (non-hydrogen) atoms. The first kappa shape index (κ1) is 40.0. The molecule has 0 unspecified atom stereocenters. The van der Waals surface area contributed by atoms with Crippen molar-refractivity contribution >= 4 is 29.8 Å². The Kier molecular flexibility index (Phi) is 17.0. The van der Waals surface area contributed by atoms with Crippen molar-refractivity contribution in [3.05, 3.63) is 108 Å². The highest BCUT2D eigenvalue weighted by Gasteiger charge is 2.32.